The van der Waals surface area contributed by atoms with Crippen LogP contribution in [0.25, 0.3) is 17.2 Å². The van der Waals surface area contributed by atoms with Gasteiger partial charge in [0.1, 0.15) is 18.0 Å². The quantitative estimate of drug-likeness (QED) is 0.0643. The monoisotopic (exact) mass is 957 g/mol. The van der Waals surface area contributed by atoms with Gasteiger partial charge in [-0.25, -0.2) is 9.79 Å². The summed E-state index contributed by atoms with van der Waals surface area (Å²) in [6.45, 7) is 13.3. The molecule has 0 unspecified atom stereocenters. The maximum absolute atomic E-state index is 13.8. The first-order valence-electron chi connectivity index (χ1n) is 24.7. The molecule has 2 aliphatic heterocycles. The van der Waals surface area contributed by atoms with Crippen molar-refractivity contribution in [3.8, 4) is 11.1 Å². The van der Waals surface area contributed by atoms with Gasteiger partial charge in [0.2, 0.25) is 5.91 Å². The average molecular weight is 958 g/mol. The molecule has 368 valence electrons. The molecule has 14 nitrogen and oxygen atoms in total. The van der Waals surface area contributed by atoms with Gasteiger partial charge in [-0.1, -0.05) is 80.6 Å². The van der Waals surface area contributed by atoms with Gasteiger partial charge in [0, 0.05) is 92.4 Å². The molecule has 3 heterocycles. The molecule has 0 saturated heterocycles. The predicted octanol–water partition coefficient (Wildman–Crippen LogP) is 9.75. The first-order valence-corrected chi connectivity index (χ1v) is 24.7. The second-order valence-corrected chi connectivity index (χ2v) is 19.3. The Bertz CT molecular complexity index is 2810. The molecule has 0 spiro atoms. The van der Waals surface area contributed by atoms with Crippen molar-refractivity contribution in [3.63, 3.8) is 0 Å². The maximum Gasteiger partial charge on any atom is 0.413 e. The number of carbonyl (C=O) groups is 5. The molecule has 0 bridgehead atoms. The number of rotatable bonds is 16. The van der Waals surface area contributed by atoms with Gasteiger partial charge in [0.05, 0.1) is 17.6 Å². The minimum Gasteiger partial charge on any atom is -0.465 e. The van der Waals surface area contributed by atoms with E-state index in [4.69, 9.17) is 19.5 Å². The van der Waals surface area contributed by atoms with Crippen LogP contribution in [0.4, 0.5) is 16.2 Å². The van der Waals surface area contributed by atoms with E-state index < -0.39 is 11.7 Å². The zero-order valence-corrected chi connectivity index (χ0v) is 41.3. The van der Waals surface area contributed by atoms with Gasteiger partial charge in [-0.15, -0.1) is 0 Å². The van der Waals surface area contributed by atoms with E-state index in [1.54, 1.807) is 51.2 Å². The second kappa shape index (κ2) is 22.5. The van der Waals surface area contributed by atoms with E-state index in [1.807, 2.05) is 73.3 Å². The standard InChI is InChI=1S/C57H63N7O7/c1-6-26-64(27-7-2)55(68)41-29-39-22-23-40(31-50(39)61-51(32-41)62-56(69)71-57(3,4)5)54(67)60-43-30-42-35-63(28-24-49(42)59-33-43)34-37-18-20-38(21-19-37)53(66)58-25-12-17-52(65)70-36-48-46-15-10-8-13-44(46)45-14-9-11-16-47(45)48/h8-11,13-16,18-23,29-31,33,48H,6-7,12,17,24-28,32,34-36H2,1-5H3,(H,58,66)(H,60,67)(H,61,62,69). The first-order chi connectivity index (χ1) is 34.2. The summed E-state index contributed by atoms with van der Waals surface area (Å²) in [5, 5.41) is 8.68. The zero-order valence-electron chi connectivity index (χ0n) is 41.3. The van der Waals surface area contributed by atoms with Crippen LogP contribution >= 0.6 is 0 Å². The van der Waals surface area contributed by atoms with Crippen molar-refractivity contribution in [1.82, 2.24) is 25.4 Å². The molecule has 5 aromatic rings. The highest BCUT2D eigenvalue weighted by atomic mass is 16.6. The number of ether oxygens (including phenoxy) is 2. The summed E-state index contributed by atoms with van der Waals surface area (Å²) < 4.78 is 11.2. The molecule has 71 heavy (non-hydrogen) atoms. The molecule has 0 saturated carbocycles. The van der Waals surface area contributed by atoms with Crippen molar-refractivity contribution in [1.29, 1.82) is 0 Å². The number of benzene rings is 4. The summed E-state index contributed by atoms with van der Waals surface area (Å²) in [6.07, 6.45) is 5.89. The Morgan fingerprint density at radius 1 is 0.817 bits per heavy atom. The van der Waals surface area contributed by atoms with Crippen LogP contribution in [0.2, 0.25) is 0 Å². The number of aliphatic imine (C=N–C) groups is 1. The molecule has 0 radical (unpaired) electrons. The van der Waals surface area contributed by atoms with Gasteiger partial charge in [0.15, 0.2) is 0 Å². The molecule has 4 amide bonds. The van der Waals surface area contributed by atoms with Gasteiger partial charge >= 0.3 is 12.1 Å². The second-order valence-electron chi connectivity index (χ2n) is 19.3. The summed E-state index contributed by atoms with van der Waals surface area (Å²) in [7, 11) is 0. The Labute approximate surface area is 415 Å². The van der Waals surface area contributed by atoms with E-state index in [1.165, 1.54) is 22.3 Å². The van der Waals surface area contributed by atoms with Crippen LogP contribution in [0.3, 0.4) is 0 Å². The van der Waals surface area contributed by atoms with Gasteiger partial charge in [-0.05, 0) is 110 Å². The number of fused-ring (bicyclic) bond motifs is 5. The summed E-state index contributed by atoms with van der Waals surface area (Å²) in [6, 6.07) is 31.1. The molecule has 8 rings (SSSR count). The largest absolute Gasteiger partial charge is 0.465 e. The molecule has 4 aromatic carbocycles. The van der Waals surface area contributed by atoms with Gasteiger partial charge in [-0.2, -0.15) is 0 Å². The number of nitrogens with one attached hydrogen (secondary N) is 3. The maximum atomic E-state index is 13.8. The number of carbonyl (C=O) groups excluding carboxylic acids is 5. The fraction of sp³-hybridized carbons (Fsp3) is 0.351. The van der Waals surface area contributed by atoms with Crippen molar-refractivity contribution in [2.24, 2.45) is 4.99 Å². The molecular weight excluding hydrogens is 895 g/mol. The molecule has 0 fully saturated rings. The van der Waals surface area contributed by atoms with E-state index in [0.29, 0.717) is 72.8 Å². The molecule has 1 aliphatic carbocycles. The Balaban J connectivity index is 0.832. The lowest BCUT2D eigenvalue weighted by molar-refractivity contribution is -0.144. The number of aromatic nitrogens is 1. The highest BCUT2D eigenvalue weighted by Crippen LogP contribution is 2.44. The zero-order chi connectivity index (χ0) is 50.1. The lowest BCUT2D eigenvalue weighted by atomic mass is 9.98. The fourth-order valence-electron chi connectivity index (χ4n) is 9.33. The van der Waals surface area contributed by atoms with Crippen molar-refractivity contribution in [2.45, 2.75) is 97.8 Å². The number of alkyl carbamates (subject to hydrolysis) is 1. The van der Waals surface area contributed by atoms with Crippen LogP contribution in [0, 0.1) is 0 Å². The van der Waals surface area contributed by atoms with Crippen molar-refractivity contribution in [2.75, 3.05) is 38.1 Å². The predicted molar refractivity (Wildman–Crippen MR) is 275 cm³/mol. The summed E-state index contributed by atoms with van der Waals surface area (Å²) in [5.74, 6) is -0.720. The molecular formula is C57H63N7O7. The number of anilines is 1. The smallest absolute Gasteiger partial charge is 0.413 e. The lowest BCUT2D eigenvalue weighted by Crippen LogP contribution is -2.38. The van der Waals surface area contributed by atoms with Crippen LogP contribution in [0.15, 0.2) is 114 Å². The Morgan fingerprint density at radius 2 is 1.51 bits per heavy atom. The third-order valence-electron chi connectivity index (χ3n) is 12.6. The SMILES string of the molecule is CCCN(CCC)C(=O)C1=Cc2ccc(C(=O)Nc3cnc4c(c3)CN(Cc3ccc(C(=O)NCCCC(=O)OCC5c6ccccc6-c6ccccc65)cc3)CC4)cc2N=C(NC(=O)OC(C)(C)C)C1. The number of pyridine rings is 1. The normalized spacial score (nSPS) is 14.0. The molecule has 3 N–H and O–H groups in total. The number of esters is 1. The topological polar surface area (TPSA) is 172 Å². The molecule has 3 aliphatic rings. The highest BCUT2D eigenvalue weighted by Gasteiger charge is 2.30. The van der Waals surface area contributed by atoms with E-state index in [9.17, 15) is 24.0 Å². The van der Waals surface area contributed by atoms with E-state index in [0.717, 1.165) is 42.6 Å². The van der Waals surface area contributed by atoms with Crippen LogP contribution in [0.1, 0.15) is 127 Å². The van der Waals surface area contributed by atoms with Crippen LogP contribution in [-0.4, -0.2) is 88.8 Å². The van der Waals surface area contributed by atoms with Crippen molar-refractivity contribution < 1.29 is 33.4 Å². The number of nitrogens with zero attached hydrogens (tertiary/aromatic N) is 4. The molecule has 14 heteroatoms. The minimum absolute atomic E-state index is 0.00911. The Morgan fingerprint density at radius 3 is 2.20 bits per heavy atom. The van der Waals surface area contributed by atoms with Gasteiger partial charge in [0.25, 0.3) is 11.8 Å². The van der Waals surface area contributed by atoms with E-state index in [-0.39, 0.29) is 54.9 Å². The molecule has 0 atom stereocenters. The third kappa shape index (κ3) is 12.7. The van der Waals surface area contributed by atoms with Crippen LogP contribution in [-0.2, 0) is 38.6 Å². The number of hydrogen-bond acceptors (Lipinski definition) is 10. The number of amidine groups is 1. The average Bonchev–Trinajstić information content (AvgIpc) is 3.55. The number of amides is 4. The summed E-state index contributed by atoms with van der Waals surface area (Å²) in [4.78, 5) is 79.8. The van der Waals surface area contributed by atoms with Gasteiger partial charge in [-0.3, -0.25) is 34.4 Å². The van der Waals surface area contributed by atoms with E-state index in [2.05, 4.69) is 45.1 Å². The van der Waals surface area contributed by atoms with E-state index >= 15 is 0 Å². The summed E-state index contributed by atoms with van der Waals surface area (Å²) >= 11 is 0. The van der Waals surface area contributed by atoms with Crippen molar-refractivity contribution >= 4 is 53.1 Å². The number of hydrogen-bond donors (Lipinski definition) is 3. The minimum atomic E-state index is -0.743. The Hall–Kier alpha value is -7.45. The van der Waals surface area contributed by atoms with Crippen molar-refractivity contribution in [3.05, 3.63) is 153 Å². The summed E-state index contributed by atoms with van der Waals surface area (Å²) in [5.41, 5.74) is 9.99. The highest BCUT2D eigenvalue weighted by molar-refractivity contribution is 6.10. The Kier molecular flexibility index (Phi) is 15.9. The first kappa shape index (κ1) is 50.0. The molecule has 1 aromatic heterocycles. The third-order valence-corrected chi connectivity index (χ3v) is 12.6. The fourth-order valence-corrected chi connectivity index (χ4v) is 9.33. The van der Waals surface area contributed by atoms with Crippen LogP contribution < -0.4 is 16.0 Å². The van der Waals surface area contributed by atoms with Crippen LogP contribution in [0.5, 0.6) is 0 Å². The lowest BCUT2D eigenvalue weighted by Gasteiger charge is -2.28. The van der Waals surface area contributed by atoms with Gasteiger partial charge < -0.3 is 25.0 Å².